The lowest BCUT2D eigenvalue weighted by Gasteiger charge is -2.10. The normalized spacial score (nSPS) is 10.2. The van der Waals surface area contributed by atoms with E-state index in [0.717, 1.165) is 12.2 Å². The summed E-state index contributed by atoms with van der Waals surface area (Å²) < 4.78 is 0. The highest BCUT2D eigenvalue weighted by atomic mass is 32.2. The van der Waals surface area contributed by atoms with Crippen LogP contribution in [0.4, 0.5) is 0 Å². The van der Waals surface area contributed by atoms with Gasteiger partial charge in [-0.25, -0.2) is 0 Å². The lowest BCUT2D eigenvalue weighted by atomic mass is 10.1. The van der Waals surface area contributed by atoms with E-state index in [1.165, 1.54) is 0 Å². The fourth-order valence-electron chi connectivity index (χ4n) is 0.787. The van der Waals surface area contributed by atoms with Crippen molar-refractivity contribution in [2.75, 3.05) is 19.1 Å². The van der Waals surface area contributed by atoms with Gasteiger partial charge in [0, 0.05) is 0 Å². The van der Waals surface area contributed by atoms with Crippen LogP contribution < -0.4 is 5.32 Å². The fraction of sp³-hybridized carbons (Fsp3) is 0.909. The Hall–Kier alpha value is -0.0200. The fourth-order valence-corrected chi connectivity index (χ4v) is 1.26. The number of hydrogen-bond donors (Lipinski definition) is 1. The van der Waals surface area contributed by atoms with E-state index in [1.807, 2.05) is 41.0 Å². The molecule has 0 saturated carbocycles. The monoisotopic (exact) mass is 221 g/mol. The first-order valence-electron chi connectivity index (χ1n) is 5.39. The third kappa shape index (κ3) is 14.5. The van der Waals surface area contributed by atoms with Crippen LogP contribution in [-0.2, 0) is 4.79 Å². The number of Topliss-reactive ketones (excluding diaryl/α,β-unsaturated/α-hetero) is 1. The zero-order chi connectivity index (χ0) is 12.0. The molecule has 0 fully saturated rings. The summed E-state index contributed by atoms with van der Waals surface area (Å²) in [5.74, 6) is 1.28. The summed E-state index contributed by atoms with van der Waals surface area (Å²) in [7, 11) is 1.83. The first-order valence-corrected chi connectivity index (χ1v) is 6.78. The molecule has 3 heteroatoms. The maximum Gasteiger partial charge on any atom is 0.146 e. The number of rotatable bonds is 5. The van der Waals surface area contributed by atoms with Crippen molar-refractivity contribution in [2.24, 2.45) is 0 Å². The molecule has 0 spiro atoms. The zero-order valence-electron chi connectivity index (χ0n) is 10.8. The average molecular weight is 221 g/mol. The van der Waals surface area contributed by atoms with Gasteiger partial charge in [-0.1, -0.05) is 27.7 Å². The molecule has 0 aromatic carbocycles. The van der Waals surface area contributed by atoms with E-state index < -0.39 is 0 Å². The second-order valence-corrected chi connectivity index (χ2v) is 3.22. The minimum Gasteiger partial charge on any atom is -0.311 e. The van der Waals surface area contributed by atoms with Crippen LogP contribution in [0.2, 0.25) is 0 Å². The lowest BCUT2D eigenvalue weighted by molar-refractivity contribution is -0.118. The van der Waals surface area contributed by atoms with Crippen molar-refractivity contribution in [3.05, 3.63) is 0 Å². The molecule has 0 aromatic heterocycles. The van der Waals surface area contributed by atoms with E-state index in [2.05, 4.69) is 5.32 Å². The Bertz CT molecular complexity index is 107. The number of nitrogens with one attached hydrogen (secondary N) is 1. The Balaban J connectivity index is -0.000000266. The summed E-state index contributed by atoms with van der Waals surface area (Å²) in [5.41, 5.74) is 0. The molecule has 0 amide bonds. The molecule has 0 rings (SSSR count). The van der Waals surface area contributed by atoms with Crippen molar-refractivity contribution in [2.45, 2.75) is 47.1 Å². The van der Waals surface area contributed by atoms with Crippen molar-refractivity contribution in [3.8, 4) is 0 Å². The van der Waals surface area contributed by atoms with Gasteiger partial charge in [0.2, 0.25) is 0 Å². The zero-order valence-corrected chi connectivity index (χ0v) is 11.6. The number of hydrogen-bond acceptors (Lipinski definition) is 3. The molecule has 1 atom stereocenters. The van der Waals surface area contributed by atoms with Gasteiger partial charge >= 0.3 is 0 Å². The third-order valence-electron chi connectivity index (χ3n) is 1.45. The van der Waals surface area contributed by atoms with Crippen molar-refractivity contribution in [1.29, 1.82) is 0 Å². The quantitative estimate of drug-likeness (QED) is 0.774. The van der Waals surface area contributed by atoms with Crippen LogP contribution in [0.1, 0.15) is 41.0 Å². The Morgan fingerprint density at radius 2 is 1.71 bits per heavy atom. The van der Waals surface area contributed by atoms with Gasteiger partial charge in [-0.05, 0) is 32.4 Å². The number of carbonyl (C=O) groups excluding carboxylic acids is 1. The van der Waals surface area contributed by atoms with Gasteiger partial charge in [-0.3, -0.25) is 4.79 Å². The Morgan fingerprint density at radius 1 is 1.29 bits per heavy atom. The average Bonchev–Trinajstić information content (AvgIpc) is 2.24. The Labute approximate surface area is 94.2 Å². The summed E-state index contributed by atoms with van der Waals surface area (Å²) in [4.78, 5) is 10.8. The molecular formula is C11H27NOS. The maximum atomic E-state index is 10.8. The molecule has 14 heavy (non-hydrogen) atoms. The van der Waals surface area contributed by atoms with Crippen LogP contribution in [0.25, 0.3) is 0 Å². The van der Waals surface area contributed by atoms with E-state index in [0.29, 0.717) is 0 Å². The molecule has 0 aliphatic carbocycles. The Kier molecular flexibility index (Phi) is 26.1. The molecule has 0 aliphatic rings. The molecule has 1 N–H and O–H groups in total. The summed E-state index contributed by atoms with van der Waals surface area (Å²) in [5, 5.41) is 2.97. The minimum absolute atomic E-state index is 0.0625. The van der Waals surface area contributed by atoms with Crippen LogP contribution in [0.5, 0.6) is 0 Å². The second kappa shape index (κ2) is 18.7. The predicted octanol–water partition coefficient (Wildman–Crippen LogP) is 2.97. The van der Waals surface area contributed by atoms with E-state index in [-0.39, 0.29) is 11.8 Å². The van der Waals surface area contributed by atoms with Gasteiger partial charge in [0.1, 0.15) is 5.78 Å². The van der Waals surface area contributed by atoms with E-state index in [4.69, 9.17) is 0 Å². The van der Waals surface area contributed by atoms with Crippen molar-refractivity contribution < 1.29 is 4.79 Å². The largest absolute Gasteiger partial charge is 0.311 e. The minimum atomic E-state index is 0.0625. The van der Waals surface area contributed by atoms with E-state index in [9.17, 15) is 4.79 Å². The molecule has 2 nitrogen and oxygen atoms in total. The molecular weight excluding hydrogens is 194 g/mol. The highest BCUT2D eigenvalue weighted by Gasteiger charge is 2.09. The van der Waals surface area contributed by atoms with E-state index >= 15 is 0 Å². The van der Waals surface area contributed by atoms with Crippen LogP contribution in [0, 0.1) is 0 Å². The SMILES string of the molecule is CC.CC.CNC(CCSC)C(C)=O. The van der Waals surface area contributed by atoms with Crippen molar-refractivity contribution >= 4 is 17.5 Å². The number of carbonyl (C=O) groups is 1. The van der Waals surface area contributed by atoms with E-state index in [1.54, 1.807) is 18.7 Å². The first-order chi connectivity index (χ1) is 6.72. The summed E-state index contributed by atoms with van der Waals surface area (Å²) >= 11 is 1.77. The number of likely N-dealkylation sites (N-methyl/N-ethyl adjacent to an activating group) is 1. The smallest absolute Gasteiger partial charge is 0.146 e. The second-order valence-electron chi connectivity index (χ2n) is 2.23. The van der Waals surface area contributed by atoms with Crippen LogP contribution in [-0.4, -0.2) is 30.9 Å². The summed E-state index contributed by atoms with van der Waals surface area (Å²) in [6.45, 7) is 9.63. The first kappa shape index (κ1) is 19.5. The van der Waals surface area contributed by atoms with Gasteiger partial charge in [0.05, 0.1) is 6.04 Å². The third-order valence-corrected chi connectivity index (χ3v) is 2.09. The lowest BCUT2D eigenvalue weighted by Crippen LogP contribution is -2.32. The maximum absolute atomic E-state index is 10.8. The molecule has 88 valence electrons. The summed E-state index contributed by atoms with van der Waals surface area (Å²) in [6, 6.07) is 0.0625. The van der Waals surface area contributed by atoms with Gasteiger partial charge in [0.15, 0.2) is 0 Å². The standard InChI is InChI=1S/C7H15NOS.2C2H6/c1-6(9)7(8-2)4-5-10-3;2*1-2/h7-8H,4-5H2,1-3H3;2*1-2H3. The van der Waals surface area contributed by atoms with Gasteiger partial charge in [0.25, 0.3) is 0 Å². The topological polar surface area (TPSA) is 29.1 Å². The van der Waals surface area contributed by atoms with Gasteiger partial charge in [-0.2, -0.15) is 11.8 Å². The molecule has 0 saturated heterocycles. The molecule has 0 aliphatic heterocycles. The van der Waals surface area contributed by atoms with Crippen LogP contribution in [0.3, 0.4) is 0 Å². The highest BCUT2D eigenvalue weighted by molar-refractivity contribution is 7.98. The molecule has 0 heterocycles. The highest BCUT2D eigenvalue weighted by Crippen LogP contribution is 2.00. The summed E-state index contributed by atoms with van der Waals surface area (Å²) in [6.07, 6.45) is 2.99. The molecule has 0 radical (unpaired) electrons. The number of thioether (sulfide) groups is 1. The Morgan fingerprint density at radius 3 is 1.93 bits per heavy atom. The molecule has 0 bridgehead atoms. The van der Waals surface area contributed by atoms with Gasteiger partial charge < -0.3 is 5.32 Å². The van der Waals surface area contributed by atoms with Crippen molar-refractivity contribution in [1.82, 2.24) is 5.32 Å². The van der Waals surface area contributed by atoms with Crippen molar-refractivity contribution in [3.63, 3.8) is 0 Å². The van der Waals surface area contributed by atoms with Crippen LogP contribution in [0.15, 0.2) is 0 Å². The predicted molar refractivity (Wildman–Crippen MR) is 69.2 cm³/mol. The number of ketones is 1. The van der Waals surface area contributed by atoms with Gasteiger partial charge in [-0.15, -0.1) is 0 Å². The molecule has 0 aromatic rings. The van der Waals surface area contributed by atoms with Crippen LogP contribution >= 0.6 is 11.8 Å². The molecule has 1 unspecified atom stereocenters.